The highest BCUT2D eigenvalue weighted by molar-refractivity contribution is 8.17. The van der Waals surface area contributed by atoms with Crippen molar-refractivity contribution in [3.05, 3.63) is 29.3 Å². The second-order valence-corrected chi connectivity index (χ2v) is 15.1. The Morgan fingerprint density at radius 3 is 2.38 bits per heavy atom. The molecule has 0 bridgehead atoms. The van der Waals surface area contributed by atoms with Crippen molar-refractivity contribution in [3.8, 4) is 17.2 Å². The number of hydrogen-bond donors (Lipinski definition) is 0. The summed E-state index contributed by atoms with van der Waals surface area (Å²) >= 11 is 4.21. The minimum absolute atomic E-state index is 0.135. The molecule has 1 aliphatic heterocycles. The molecule has 0 amide bonds. The summed E-state index contributed by atoms with van der Waals surface area (Å²) in [5.41, 5.74) is 5.99. The minimum atomic E-state index is -1.36. The molecule has 0 N–H and O–H groups in total. The van der Waals surface area contributed by atoms with Gasteiger partial charge in [0.1, 0.15) is 13.8 Å². The Balaban J connectivity index is 2.41. The zero-order valence-corrected chi connectivity index (χ0v) is 18.3. The lowest BCUT2D eigenvalue weighted by molar-refractivity contribution is 0.280. The number of hydrogen-bond acceptors (Lipinski definition) is 3. The highest BCUT2D eigenvalue weighted by Gasteiger charge is 2.38. The number of ether oxygens (including phenoxy) is 1. The van der Waals surface area contributed by atoms with Crippen molar-refractivity contribution in [2.24, 2.45) is 0 Å². The standard InChI is InChI=1S/C20H30OS2Si/c1-6-13-22-20(23-14-7-2)11-12-21-19-9-8-17(16-18(19)20)10-15-24(3,4)5/h8-9,16H,6-7,11-14H2,1-5H3. The van der Waals surface area contributed by atoms with Crippen LogP contribution in [-0.2, 0) is 4.08 Å². The first kappa shape index (κ1) is 19.8. The molecule has 0 fully saturated rings. The zero-order valence-electron chi connectivity index (χ0n) is 15.7. The molecule has 24 heavy (non-hydrogen) atoms. The molecule has 1 aliphatic rings. The van der Waals surface area contributed by atoms with Gasteiger partial charge in [-0.25, -0.2) is 0 Å². The minimum Gasteiger partial charge on any atom is -0.493 e. The van der Waals surface area contributed by atoms with E-state index in [1.807, 2.05) is 0 Å². The van der Waals surface area contributed by atoms with E-state index in [2.05, 4.69) is 86.7 Å². The molecule has 0 saturated heterocycles. The highest BCUT2D eigenvalue weighted by Crippen LogP contribution is 2.54. The number of rotatable bonds is 6. The Labute approximate surface area is 157 Å². The molecule has 1 nitrogen and oxygen atoms in total. The van der Waals surface area contributed by atoms with Crippen LogP contribution in [0.5, 0.6) is 5.75 Å². The van der Waals surface area contributed by atoms with Gasteiger partial charge in [0.05, 0.1) is 10.7 Å². The lowest BCUT2D eigenvalue weighted by atomic mass is 10.0. The van der Waals surface area contributed by atoms with Gasteiger partial charge in [-0.1, -0.05) is 39.4 Å². The number of thioether (sulfide) groups is 2. The number of fused-ring (bicyclic) bond motifs is 1. The fourth-order valence-corrected chi connectivity index (χ4v) is 6.10. The zero-order chi connectivity index (χ0) is 17.6. The van der Waals surface area contributed by atoms with Crippen LogP contribution in [0.15, 0.2) is 18.2 Å². The first-order valence-electron chi connectivity index (χ1n) is 8.98. The average molecular weight is 379 g/mol. The summed E-state index contributed by atoms with van der Waals surface area (Å²) in [5, 5.41) is 0. The Kier molecular flexibility index (Phi) is 7.21. The van der Waals surface area contributed by atoms with Crippen LogP contribution in [0, 0.1) is 11.5 Å². The van der Waals surface area contributed by atoms with Gasteiger partial charge in [0, 0.05) is 17.5 Å². The summed E-state index contributed by atoms with van der Waals surface area (Å²) in [6, 6.07) is 6.56. The van der Waals surface area contributed by atoms with Crippen molar-refractivity contribution in [2.45, 2.75) is 56.8 Å². The molecular formula is C20H30OS2Si. The Hall–Kier alpha value is -0.503. The van der Waals surface area contributed by atoms with Gasteiger partial charge < -0.3 is 4.74 Å². The van der Waals surface area contributed by atoms with Gasteiger partial charge >= 0.3 is 0 Å². The van der Waals surface area contributed by atoms with Crippen molar-refractivity contribution in [2.75, 3.05) is 18.1 Å². The summed E-state index contributed by atoms with van der Waals surface area (Å²) in [5.74, 6) is 6.88. The van der Waals surface area contributed by atoms with Gasteiger partial charge in [-0.15, -0.1) is 29.1 Å². The Morgan fingerprint density at radius 2 is 1.79 bits per heavy atom. The van der Waals surface area contributed by atoms with Crippen molar-refractivity contribution in [1.29, 1.82) is 0 Å². The van der Waals surface area contributed by atoms with Crippen LogP contribution in [0.1, 0.15) is 44.2 Å². The second-order valence-electron chi connectivity index (χ2n) is 7.26. The highest BCUT2D eigenvalue weighted by atomic mass is 32.2. The third-order valence-corrected chi connectivity index (χ3v) is 8.33. The first-order chi connectivity index (χ1) is 11.4. The largest absolute Gasteiger partial charge is 0.493 e. The second kappa shape index (κ2) is 8.74. The van der Waals surface area contributed by atoms with Crippen molar-refractivity contribution >= 4 is 31.6 Å². The molecule has 4 heteroatoms. The lowest BCUT2D eigenvalue weighted by Gasteiger charge is -2.38. The Morgan fingerprint density at radius 1 is 1.12 bits per heavy atom. The van der Waals surface area contributed by atoms with E-state index in [-0.39, 0.29) is 4.08 Å². The van der Waals surface area contributed by atoms with Crippen LogP contribution in [0.3, 0.4) is 0 Å². The topological polar surface area (TPSA) is 9.23 Å². The normalized spacial score (nSPS) is 15.9. The van der Waals surface area contributed by atoms with Gasteiger partial charge in [-0.05, 0) is 42.5 Å². The van der Waals surface area contributed by atoms with E-state index in [9.17, 15) is 0 Å². The monoisotopic (exact) mass is 378 g/mol. The Bertz CT molecular complexity index is 602. The van der Waals surface area contributed by atoms with Gasteiger partial charge in [0.25, 0.3) is 0 Å². The van der Waals surface area contributed by atoms with Gasteiger partial charge in [-0.2, -0.15) is 0 Å². The molecule has 1 aromatic rings. The van der Waals surface area contributed by atoms with Gasteiger partial charge in [0.15, 0.2) is 0 Å². The SMILES string of the molecule is CCCSC1(SCCC)CCOc2ccc(C#C[Si](C)(C)C)cc21. The van der Waals surface area contributed by atoms with E-state index in [4.69, 9.17) is 4.74 Å². The molecule has 0 aliphatic carbocycles. The van der Waals surface area contributed by atoms with Gasteiger partial charge in [0.2, 0.25) is 0 Å². The summed E-state index contributed by atoms with van der Waals surface area (Å²) in [7, 11) is -1.36. The smallest absolute Gasteiger partial charge is 0.129 e. The third-order valence-electron chi connectivity index (χ3n) is 3.74. The van der Waals surface area contributed by atoms with Crippen molar-refractivity contribution in [1.82, 2.24) is 0 Å². The molecule has 2 rings (SSSR count). The van der Waals surface area contributed by atoms with E-state index < -0.39 is 8.07 Å². The number of benzene rings is 1. The fraction of sp³-hybridized carbons (Fsp3) is 0.600. The van der Waals surface area contributed by atoms with Crippen molar-refractivity contribution < 1.29 is 4.74 Å². The quantitative estimate of drug-likeness (QED) is 0.334. The van der Waals surface area contributed by atoms with Crippen LogP contribution in [0.4, 0.5) is 0 Å². The summed E-state index contributed by atoms with van der Waals surface area (Å²) < 4.78 is 6.11. The average Bonchev–Trinajstić information content (AvgIpc) is 2.56. The van der Waals surface area contributed by atoms with Crippen LogP contribution in [0.25, 0.3) is 0 Å². The third kappa shape index (κ3) is 5.24. The molecule has 0 unspecified atom stereocenters. The lowest BCUT2D eigenvalue weighted by Crippen LogP contribution is -2.28. The van der Waals surface area contributed by atoms with Crippen LogP contribution < -0.4 is 4.74 Å². The van der Waals surface area contributed by atoms with E-state index >= 15 is 0 Å². The van der Waals surface area contributed by atoms with E-state index in [1.54, 1.807) is 0 Å². The maximum Gasteiger partial charge on any atom is 0.129 e. The molecule has 1 heterocycles. The first-order valence-corrected chi connectivity index (χ1v) is 14.5. The molecule has 0 radical (unpaired) electrons. The fourth-order valence-electron chi connectivity index (χ4n) is 2.60. The molecular weight excluding hydrogens is 348 g/mol. The predicted molar refractivity (Wildman–Crippen MR) is 114 cm³/mol. The van der Waals surface area contributed by atoms with Crippen molar-refractivity contribution in [3.63, 3.8) is 0 Å². The van der Waals surface area contributed by atoms with E-state index in [0.29, 0.717) is 0 Å². The molecule has 0 saturated carbocycles. The van der Waals surface area contributed by atoms with Gasteiger partial charge in [-0.3, -0.25) is 0 Å². The molecule has 1 aromatic carbocycles. The maximum atomic E-state index is 5.97. The molecule has 0 spiro atoms. The summed E-state index contributed by atoms with van der Waals surface area (Å²) in [6.07, 6.45) is 3.51. The summed E-state index contributed by atoms with van der Waals surface area (Å²) in [6.45, 7) is 12.2. The van der Waals surface area contributed by atoms with Crippen LogP contribution in [0.2, 0.25) is 19.6 Å². The summed E-state index contributed by atoms with van der Waals surface area (Å²) in [4.78, 5) is 0. The molecule has 0 aromatic heterocycles. The van der Waals surface area contributed by atoms with E-state index in [1.165, 1.54) is 29.9 Å². The van der Waals surface area contributed by atoms with E-state index in [0.717, 1.165) is 24.3 Å². The van der Waals surface area contributed by atoms with Crippen LogP contribution in [-0.4, -0.2) is 26.2 Å². The molecule has 0 atom stereocenters. The van der Waals surface area contributed by atoms with Crippen LogP contribution >= 0.6 is 23.5 Å². The predicted octanol–water partition coefficient (Wildman–Crippen LogP) is 6.14. The molecule has 132 valence electrons. The maximum absolute atomic E-state index is 5.97.